The number of aliphatic carboxylic acids is 1. The first-order valence-electron chi connectivity index (χ1n) is 9.07. The molecule has 0 spiro atoms. The van der Waals surface area contributed by atoms with Crippen LogP contribution in [-0.4, -0.2) is 79.2 Å². The van der Waals surface area contributed by atoms with E-state index in [0.29, 0.717) is 31.7 Å². The maximum absolute atomic E-state index is 12.9. The van der Waals surface area contributed by atoms with E-state index in [0.717, 1.165) is 0 Å². The van der Waals surface area contributed by atoms with Gasteiger partial charge in [0, 0.05) is 38.2 Å². The first-order valence-corrected chi connectivity index (χ1v) is 10.4. The first-order chi connectivity index (χ1) is 13.4. The van der Waals surface area contributed by atoms with Crippen LogP contribution in [0.3, 0.4) is 0 Å². The van der Waals surface area contributed by atoms with Crippen molar-refractivity contribution in [1.29, 1.82) is 0 Å². The van der Waals surface area contributed by atoms with Gasteiger partial charge in [0.05, 0.1) is 5.88 Å². The molecule has 1 aromatic rings. The number of benzene rings is 1. The van der Waals surface area contributed by atoms with Gasteiger partial charge in [0.25, 0.3) is 5.91 Å². The number of nitrogens with one attached hydrogen (secondary N) is 1. The molecule has 1 atom stereocenters. The Morgan fingerprint density at radius 2 is 1.71 bits per heavy atom. The maximum atomic E-state index is 12.9. The van der Waals surface area contributed by atoms with E-state index in [1.54, 1.807) is 40.1 Å². The summed E-state index contributed by atoms with van der Waals surface area (Å²) < 4.78 is 21.7. The van der Waals surface area contributed by atoms with Crippen LogP contribution in [0.2, 0.25) is 0 Å². The topological polar surface area (TPSA) is 124 Å². The van der Waals surface area contributed by atoms with Gasteiger partial charge in [0.2, 0.25) is 5.91 Å². The summed E-state index contributed by atoms with van der Waals surface area (Å²) in [5.74, 6) is -1.66. The van der Waals surface area contributed by atoms with Gasteiger partial charge in [-0.3, -0.25) is 19.3 Å². The van der Waals surface area contributed by atoms with Crippen molar-refractivity contribution >= 4 is 28.5 Å². The quantitative estimate of drug-likeness (QED) is 0.479. The highest BCUT2D eigenvalue weighted by Gasteiger charge is 2.29. The second-order valence-corrected chi connectivity index (χ2v) is 7.54. The van der Waals surface area contributed by atoms with Crippen LogP contribution in [0.15, 0.2) is 30.3 Å². The van der Waals surface area contributed by atoms with E-state index >= 15 is 0 Å². The largest absolute Gasteiger partial charge is 0.481 e. The SMILES string of the molecule is O=C(O)CCCC(NC(=O)c1ccccc1)C(=O)N1CCN(C[SH](=O)=O)CC1. The number of carbonyl (C=O) groups excluding carboxylic acids is 2. The van der Waals surface area contributed by atoms with Gasteiger partial charge in [-0.2, -0.15) is 0 Å². The van der Waals surface area contributed by atoms with Gasteiger partial charge in [-0.25, -0.2) is 8.42 Å². The third-order valence-electron chi connectivity index (χ3n) is 4.52. The third-order valence-corrected chi connectivity index (χ3v) is 5.15. The zero-order chi connectivity index (χ0) is 20.5. The predicted octanol–water partition coefficient (Wildman–Crippen LogP) is -0.247. The summed E-state index contributed by atoms with van der Waals surface area (Å²) in [6.45, 7) is 1.59. The average Bonchev–Trinajstić information content (AvgIpc) is 2.67. The molecule has 28 heavy (non-hydrogen) atoms. The summed E-state index contributed by atoms with van der Waals surface area (Å²) >= 11 is 0. The standard InChI is InChI=1S/C18H25N3O6S/c22-16(23)8-4-7-15(19-17(24)14-5-2-1-3-6-14)18(25)21-11-9-20(10-12-21)13-28(26)27/h1-3,5-6,15,28H,4,7-13H2,(H,19,24)(H,22,23). The van der Waals surface area contributed by atoms with E-state index in [2.05, 4.69) is 5.32 Å². The predicted molar refractivity (Wildman–Crippen MR) is 103 cm³/mol. The molecule has 2 amide bonds. The Kier molecular flexibility index (Phi) is 8.40. The number of carboxylic acid groups (broad SMARTS) is 1. The molecule has 2 N–H and O–H groups in total. The van der Waals surface area contributed by atoms with E-state index in [1.165, 1.54) is 0 Å². The fourth-order valence-electron chi connectivity index (χ4n) is 3.04. The van der Waals surface area contributed by atoms with Crippen LogP contribution < -0.4 is 5.32 Å². The van der Waals surface area contributed by atoms with Crippen molar-refractivity contribution in [1.82, 2.24) is 15.1 Å². The number of amides is 2. The van der Waals surface area contributed by atoms with Crippen molar-refractivity contribution in [2.75, 3.05) is 32.1 Å². The summed E-state index contributed by atoms with van der Waals surface area (Å²) in [6.07, 6.45) is 0.392. The van der Waals surface area contributed by atoms with Gasteiger partial charge in [-0.15, -0.1) is 0 Å². The smallest absolute Gasteiger partial charge is 0.303 e. The Morgan fingerprint density at radius 1 is 1.07 bits per heavy atom. The first kappa shape index (κ1) is 21.8. The molecule has 9 nitrogen and oxygen atoms in total. The molecule has 0 aromatic heterocycles. The zero-order valence-corrected chi connectivity index (χ0v) is 16.3. The molecule has 0 aliphatic carbocycles. The van der Waals surface area contributed by atoms with Gasteiger partial charge in [-0.05, 0) is 25.0 Å². The number of carboxylic acids is 1. The van der Waals surface area contributed by atoms with E-state index in [9.17, 15) is 22.8 Å². The molecule has 10 heteroatoms. The molecule has 0 radical (unpaired) electrons. The summed E-state index contributed by atoms with van der Waals surface area (Å²) in [6, 6.07) is 7.66. The fraction of sp³-hybridized carbons (Fsp3) is 0.500. The lowest BCUT2D eigenvalue weighted by molar-refractivity contribution is -0.138. The third kappa shape index (κ3) is 6.93. The highest BCUT2D eigenvalue weighted by Crippen LogP contribution is 2.10. The van der Waals surface area contributed by atoms with E-state index in [1.807, 2.05) is 0 Å². The molecule has 1 saturated heterocycles. The molecule has 1 heterocycles. The molecule has 0 saturated carbocycles. The molecule has 0 bridgehead atoms. The van der Waals surface area contributed by atoms with Crippen LogP contribution in [0.4, 0.5) is 0 Å². The highest BCUT2D eigenvalue weighted by atomic mass is 32.2. The van der Waals surface area contributed by atoms with Gasteiger partial charge in [0.1, 0.15) is 6.04 Å². The van der Waals surface area contributed by atoms with Gasteiger partial charge in [-0.1, -0.05) is 18.2 Å². The van der Waals surface area contributed by atoms with Crippen LogP contribution >= 0.6 is 0 Å². The average molecular weight is 411 g/mol. The number of carbonyl (C=O) groups is 3. The Bertz CT molecular complexity index is 752. The van der Waals surface area contributed by atoms with Crippen molar-refractivity contribution in [3.8, 4) is 0 Å². The van der Waals surface area contributed by atoms with E-state index < -0.39 is 28.6 Å². The van der Waals surface area contributed by atoms with E-state index in [-0.39, 0.29) is 31.0 Å². The van der Waals surface area contributed by atoms with Crippen LogP contribution in [0.25, 0.3) is 0 Å². The van der Waals surface area contributed by atoms with Gasteiger partial charge in [0.15, 0.2) is 10.7 Å². The molecular formula is C18H25N3O6S. The van der Waals surface area contributed by atoms with Crippen molar-refractivity contribution in [3.05, 3.63) is 35.9 Å². The van der Waals surface area contributed by atoms with E-state index in [4.69, 9.17) is 5.11 Å². The van der Waals surface area contributed by atoms with Crippen LogP contribution in [0.1, 0.15) is 29.6 Å². The fourth-order valence-corrected chi connectivity index (χ4v) is 3.65. The molecule has 154 valence electrons. The van der Waals surface area contributed by atoms with Crippen molar-refractivity contribution in [2.45, 2.75) is 25.3 Å². The number of nitrogens with zero attached hydrogens (tertiary/aromatic N) is 2. The second kappa shape index (κ2) is 10.8. The lowest BCUT2D eigenvalue weighted by atomic mass is 10.1. The Balaban J connectivity index is 2.00. The zero-order valence-electron chi connectivity index (χ0n) is 15.5. The second-order valence-electron chi connectivity index (χ2n) is 6.60. The molecule has 1 unspecified atom stereocenters. The molecule has 1 aliphatic rings. The van der Waals surface area contributed by atoms with Crippen molar-refractivity contribution < 1.29 is 27.9 Å². The summed E-state index contributed by atoms with van der Waals surface area (Å²) in [5, 5.41) is 11.6. The summed E-state index contributed by atoms with van der Waals surface area (Å²) in [7, 11) is -2.51. The minimum absolute atomic E-state index is 0.0376. The van der Waals surface area contributed by atoms with Crippen LogP contribution in [0.5, 0.6) is 0 Å². The maximum Gasteiger partial charge on any atom is 0.303 e. The molecule has 1 fully saturated rings. The van der Waals surface area contributed by atoms with Crippen molar-refractivity contribution in [2.24, 2.45) is 0 Å². The minimum Gasteiger partial charge on any atom is -0.481 e. The van der Waals surface area contributed by atoms with Gasteiger partial charge < -0.3 is 15.3 Å². The van der Waals surface area contributed by atoms with Crippen LogP contribution in [0, 0.1) is 0 Å². The van der Waals surface area contributed by atoms with Crippen molar-refractivity contribution in [3.63, 3.8) is 0 Å². The lowest BCUT2D eigenvalue weighted by Gasteiger charge is -2.35. The summed E-state index contributed by atoms with van der Waals surface area (Å²) in [5.41, 5.74) is 0.419. The van der Waals surface area contributed by atoms with Gasteiger partial charge >= 0.3 is 5.97 Å². The number of rotatable bonds is 9. The minimum atomic E-state index is -2.51. The molecule has 2 rings (SSSR count). The monoisotopic (exact) mass is 411 g/mol. The Morgan fingerprint density at radius 3 is 2.29 bits per heavy atom. The highest BCUT2D eigenvalue weighted by molar-refractivity contribution is 7.72. The Labute approximate surface area is 165 Å². The lowest BCUT2D eigenvalue weighted by Crippen LogP contribution is -2.55. The summed E-state index contributed by atoms with van der Waals surface area (Å²) in [4.78, 5) is 39.5. The van der Waals surface area contributed by atoms with Crippen LogP contribution in [-0.2, 0) is 20.3 Å². The number of piperazine rings is 1. The molecular weight excluding hydrogens is 386 g/mol. The number of hydrogen-bond donors (Lipinski definition) is 3. The molecule has 1 aliphatic heterocycles. The number of thiol groups is 1. The molecule has 1 aromatic carbocycles. The Hall–Kier alpha value is -2.46. The normalized spacial score (nSPS) is 16.0. The number of hydrogen-bond acceptors (Lipinski definition) is 6.